The molecule has 9 rings (SSSR count). The molecule has 0 fully saturated rings. The summed E-state index contributed by atoms with van der Waals surface area (Å²) in [7, 11) is 0. The molecule has 9 aromatic rings. The zero-order valence-electron chi connectivity index (χ0n) is 30.0. The van der Waals surface area contributed by atoms with Crippen LogP contribution in [0.2, 0.25) is 0 Å². The van der Waals surface area contributed by atoms with Crippen molar-refractivity contribution in [3.63, 3.8) is 0 Å². The van der Waals surface area contributed by atoms with Gasteiger partial charge < -0.3 is 0 Å². The highest BCUT2D eigenvalue weighted by atomic mass is 19.1. The van der Waals surface area contributed by atoms with Crippen LogP contribution in [0.3, 0.4) is 0 Å². The van der Waals surface area contributed by atoms with E-state index >= 15 is 9.59 Å². The maximum absolute atomic E-state index is 15.4. The molecule has 0 atom stereocenters. The number of rotatable bonds is 8. The van der Waals surface area contributed by atoms with Crippen LogP contribution >= 0.6 is 0 Å². The molecule has 4 heteroatoms. The predicted octanol–water partition coefficient (Wildman–Crippen LogP) is 13.4. The van der Waals surface area contributed by atoms with Gasteiger partial charge in [0.2, 0.25) is 0 Å². The van der Waals surface area contributed by atoms with Gasteiger partial charge in [0, 0.05) is 33.4 Å². The minimum atomic E-state index is -0.485. The number of benzene rings is 9. The molecule has 0 saturated carbocycles. The van der Waals surface area contributed by atoms with Gasteiger partial charge in [0.15, 0.2) is 11.6 Å². The second-order valence-corrected chi connectivity index (χ2v) is 13.8. The van der Waals surface area contributed by atoms with Gasteiger partial charge in [-0.05, 0) is 116 Å². The van der Waals surface area contributed by atoms with Crippen LogP contribution in [0.25, 0.3) is 66.1 Å². The average molecular weight is 727 g/mol. The van der Waals surface area contributed by atoms with Crippen molar-refractivity contribution in [1.29, 1.82) is 0 Å². The van der Waals surface area contributed by atoms with Crippen molar-refractivity contribution in [2.75, 3.05) is 0 Å². The number of fused-ring (bicyclic) bond motifs is 2. The van der Waals surface area contributed by atoms with E-state index in [-0.39, 0.29) is 22.3 Å². The SMILES string of the molecule is O=C(c1ccc(F)cc1)c1c(C(=O)c2ccc(F)cc2)c(-c2ccccc2)c(-c2ccc3ccccc3c2)c(-c2ccc3ccccc3c2)c1-c1ccccc1. The summed E-state index contributed by atoms with van der Waals surface area (Å²) in [4.78, 5) is 30.9. The summed E-state index contributed by atoms with van der Waals surface area (Å²) in [5, 5.41) is 4.12. The lowest BCUT2D eigenvalue weighted by atomic mass is 9.74. The predicted molar refractivity (Wildman–Crippen MR) is 223 cm³/mol. The quantitative estimate of drug-likeness (QED) is 0.146. The second-order valence-electron chi connectivity index (χ2n) is 13.8. The van der Waals surface area contributed by atoms with Crippen LogP contribution in [0.15, 0.2) is 194 Å². The number of carbonyl (C=O) groups excluding carboxylic acids is 2. The van der Waals surface area contributed by atoms with E-state index in [0.717, 1.165) is 54.9 Å². The number of halogens is 2. The van der Waals surface area contributed by atoms with Crippen molar-refractivity contribution in [1.82, 2.24) is 0 Å². The molecule has 266 valence electrons. The van der Waals surface area contributed by atoms with E-state index in [1.807, 2.05) is 84.9 Å². The Hall–Kier alpha value is -7.30. The maximum Gasteiger partial charge on any atom is 0.194 e. The molecule has 0 heterocycles. The normalized spacial score (nSPS) is 11.2. The Balaban J connectivity index is 1.55. The van der Waals surface area contributed by atoms with Crippen molar-refractivity contribution < 1.29 is 18.4 Å². The monoisotopic (exact) mass is 726 g/mol. The standard InChI is InChI=1S/C52H32F2O2/c53-43-27-23-37(24-28-43)51(55)49-45(35-13-3-1-4-14-35)47(41-21-19-33-11-7-9-17-39(33)31-41)48(42-22-20-34-12-8-10-18-40(34)32-42)46(36-15-5-2-6-16-36)50(49)52(56)38-25-29-44(54)30-26-38/h1-32H. The van der Waals surface area contributed by atoms with E-state index in [4.69, 9.17) is 0 Å². The molecule has 56 heavy (non-hydrogen) atoms. The van der Waals surface area contributed by atoms with Gasteiger partial charge in [-0.25, -0.2) is 8.78 Å². The highest BCUT2D eigenvalue weighted by Crippen LogP contribution is 2.51. The van der Waals surface area contributed by atoms with Gasteiger partial charge in [-0.2, -0.15) is 0 Å². The summed E-state index contributed by atoms with van der Waals surface area (Å²) in [5.74, 6) is -1.86. The van der Waals surface area contributed by atoms with Crippen molar-refractivity contribution in [3.05, 3.63) is 228 Å². The van der Waals surface area contributed by atoms with Gasteiger partial charge >= 0.3 is 0 Å². The first-order valence-corrected chi connectivity index (χ1v) is 18.4. The van der Waals surface area contributed by atoms with E-state index in [0.29, 0.717) is 11.1 Å². The summed E-state index contributed by atoms with van der Waals surface area (Å²) in [6.07, 6.45) is 0. The van der Waals surface area contributed by atoms with E-state index < -0.39 is 23.2 Å². The average Bonchev–Trinajstić information content (AvgIpc) is 3.25. The van der Waals surface area contributed by atoms with Gasteiger partial charge in [-0.1, -0.05) is 133 Å². The molecule has 0 aromatic heterocycles. The Kier molecular flexibility index (Phi) is 8.92. The molecule has 0 aliphatic heterocycles. The van der Waals surface area contributed by atoms with Gasteiger partial charge in [-0.15, -0.1) is 0 Å². The minimum Gasteiger partial charge on any atom is -0.289 e. The van der Waals surface area contributed by atoms with E-state index in [9.17, 15) is 8.78 Å². The maximum atomic E-state index is 15.4. The molecule has 9 aromatic carbocycles. The highest BCUT2D eigenvalue weighted by molar-refractivity contribution is 6.28. The molecule has 2 nitrogen and oxygen atoms in total. The Bertz CT molecular complexity index is 2730. The lowest BCUT2D eigenvalue weighted by Gasteiger charge is -2.27. The molecule has 0 bridgehead atoms. The Morgan fingerprint density at radius 1 is 0.304 bits per heavy atom. The third-order valence-electron chi connectivity index (χ3n) is 10.4. The van der Waals surface area contributed by atoms with Gasteiger partial charge in [0.25, 0.3) is 0 Å². The fraction of sp³-hybridized carbons (Fsp3) is 0. The van der Waals surface area contributed by atoms with Crippen LogP contribution in [-0.2, 0) is 0 Å². The van der Waals surface area contributed by atoms with Gasteiger partial charge in [-0.3, -0.25) is 9.59 Å². The smallest absolute Gasteiger partial charge is 0.194 e. The molecule has 0 aliphatic rings. The molecular weight excluding hydrogens is 695 g/mol. The van der Waals surface area contributed by atoms with Crippen LogP contribution in [-0.4, -0.2) is 11.6 Å². The van der Waals surface area contributed by atoms with Crippen LogP contribution in [0.4, 0.5) is 8.78 Å². The van der Waals surface area contributed by atoms with Crippen molar-refractivity contribution in [2.45, 2.75) is 0 Å². The van der Waals surface area contributed by atoms with Crippen LogP contribution in [0.5, 0.6) is 0 Å². The lowest BCUT2D eigenvalue weighted by Crippen LogP contribution is -2.17. The molecule has 0 saturated heterocycles. The summed E-state index contributed by atoms with van der Waals surface area (Å²) < 4.78 is 28.8. The minimum absolute atomic E-state index is 0.170. The Labute approximate surface area is 323 Å². The summed E-state index contributed by atoms with van der Waals surface area (Å²) in [6.45, 7) is 0. The van der Waals surface area contributed by atoms with Crippen molar-refractivity contribution >= 4 is 33.1 Å². The van der Waals surface area contributed by atoms with Crippen LogP contribution in [0, 0.1) is 11.6 Å². The topological polar surface area (TPSA) is 34.1 Å². The molecular formula is C52H32F2O2. The molecule has 0 amide bonds. The number of hydrogen-bond donors (Lipinski definition) is 0. The first kappa shape index (κ1) is 34.5. The van der Waals surface area contributed by atoms with Crippen LogP contribution in [0.1, 0.15) is 31.8 Å². The number of carbonyl (C=O) groups is 2. The lowest BCUT2D eigenvalue weighted by molar-refractivity contribution is 0.100. The third-order valence-corrected chi connectivity index (χ3v) is 10.4. The molecule has 0 radical (unpaired) electrons. The first-order chi connectivity index (χ1) is 27.4. The van der Waals surface area contributed by atoms with Gasteiger partial charge in [0.05, 0.1) is 0 Å². The number of ketones is 2. The summed E-state index contributed by atoms with van der Waals surface area (Å²) in [5.41, 5.74) is 6.55. The summed E-state index contributed by atoms with van der Waals surface area (Å²) in [6, 6.07) is 58.8. The van der Waals surface area contributed by atoms with Crippen LogP contribution < -0.4 is 0 Å². The van der Waals surface area contributed by atoms with E-state index in [1.54, 1.807) is 0 Å². The van der Waals surface area contributed by atoms with Crippen molar-refractivity contribution in [2.24, 2.45) is 0 Å². The molecule has 0 N–H and O–H groups in total. The fourth-order valence-electron chi connectivity index (χ4n) is 7.75. The third kappa shape index (κ3) is 6.27. The fourth-order valence-corrected chi connectivity index (χ4v) is 7.75. The zero-order chi connectivity index (χ0) is 38.2. The zero-order valence-corrected chi connectivity index (χ0v) is 30.0. The van der Waals surface area contributed by atoms with E-state index in [1.165, 1.54) is 48.5 Å². The Morgan fingerprint density at radius 2 is 0.643 bits per heavy atom. The van der Waals surface area contributed by atoms with Crippen molar-refractivity contribution in [3.8, 4) is 44.5 Å². The molecule has 0 spiro atoms. The summed E-state index contributed by atoms with van der Waals surface area (Å²) >= 11 is 0. The second kappa shape index (κ2) is 14.5. The Morgan fingerprint density at radius 3 is 1.02 bits per heavy atom. The van der Waals surface area contributed by atoms with E-state index in [2.05, 4.69) is 60.7 Å². The molecule has 0 unspecified atom stereocenters. The first-order valence-electron chi connectivity index (χ1n) is 18.4. The van der Waals surface area contributed by atoms with Gasteiger partial charge in [0.1, 0.15) is 11.6 Å². The number of hydrogen-bond acceptors (Lipinski definition) is 2. The highest BCUT2D eigenvalue weighted by Gasteiger charge is 2.34. The molecule has 0 aliphatic carbocycles. The largest absolute Gasteiger partial charge is 0.289 e.